The van der Waals surface area contributed by atoms with Crippen LogP contribution < -0.4 is 0 Å². The molecule has 3 nitrogen and oxygen atoms in total. The van der Waals surface area contributed by atoms with Crippen molar-refractivity contribution in [2.75, 3.05) is 19.8 Å². The van der Waals surface area contributed by atoms with E-state index in [9.17, 15) is 4.79 Å². The summed E-state index contributed by atoms with van der Waals surface area (Å²) in [6, 6.07) is 13.9. The number of alkyl halides is 1. The maximum Gasteiger partial charge on any atom is 0.344 e. The third kappa shape index (κ3) is 2.01. The number of ether oxygens (including phenoxy) is 2. The van der Waals surface area contributed by atoms with E-state index >= 15 is 4.39 Å². The lowest BCUT2D eigenvalue weighted by Gasteiger charge is -2.61. The van der Waals surface area contributed by atoms with Gasteiger partial charge in [-0.2, -0.15) is 0 Å². The quantitative estimate of drug-likeness (QED) is 0.812. The Kier molecular flexibility index (Phi) is 3.20. The highest BCUT2D eigenvalue weighted by Crippen LogP contribution is 2.65. The Morgan fingerprint density at radius 2 is 2.00 bits per heavy atom. The number of carbonyl (C=O) groups is 1. The SMILES string of the molecule is CCOC(=O)C1(F)CC2(COC2)C1c1ccc2ccccc2c1. The van der Waals surface area contributed by atoms with E-state index in [1.165, 1.54) is 0 Å². The van der Waals surface area contributed by atoms with Crippen molar-refractivity contribution in [3.63, 3.8) is 0 Å². The molecule has 1 heterocycles. The fourth-order valence-corrected chi connectivity index (χ4v) is 4.15. The summed E-state index contributed by atoms with van der Waals surface area (Å²) in [5.74, 6) is -1.23. The number of benzene rings is 2. The molecule has 2 fully saturated rings. The lowest BCUT2D eigenvalue weighted by molar-refractivity contribution is -0.242. The molecule has 2 aliphatic rings. The molecule has 2 unspecified atom stereocenters. The van der Waals surface area contributed by atoms with Gasteiger partial charge in [0.2, 0.25) is 5.67 Å². The van der Waals surface area contributed by atoms with E-state index in [1.54, 1.807) is 6.92 Å². The molecule has 2 aromatic rings. The van der Waals surface area contributed by atoms with Crippen LogP contribution in [-0.4, -0.2) is 31.5 Å². The molecule has 1 spiro atoms. The Morgan fingerprint density at radius 1 is 1.26 bits per heavy atom. The fraction of sp³-hybridized carbons (Fsp3) is 0.421. The van der Waals surface area contributed by atoms with Crippen molar-refractivity contribution in [3.8, 4) is 0 Å². The van der Waals surface area contributed by atoms with E-state index in [0.717, 1.165) is 16.3 Å². The first-order valence-electron chi connectivity index (χ1n) is 8.02. The summed E-state index contributed by atoms with van der Waals surface area (Å²) in [6.07, 6.45) is 0.191. The molecule has 4 rings (SSSR count). The lowest BCUT2D eigenvalue weighted by atomic mass is 9.48. The molecule has 1 saturated carbocycles. The molecule has 0 aromatic heterocycles. The maximum absolute atomic E-state index is 15.4. The van der Waals surface area contributed by atoms with Gasteiger partial charge in [-0.25, -0.2) is 9.18 Å². The molecule has 120 valence electrons. The summed E-state index contributed by atoms with van der Waals surface area (Å²) in [5.41, 5.74) is -1.35. The fourth-order valence-electron chi connectivity index (χ4n) is 4.15. The van der Waals surface area contributed by atoms with E-state index in [4.69, 9.17) is 9.47 Å². The highest BCUT2D eigenvalue weighted by atomic mass is 19.1. The average Bonchev–Trinajstić information content (AvgIpc) is 2.50. The topological polar surface area (TPSA) is 35.5 Å². The standard InChI is InChI=1S/C19H19FO3/c1-2-23-17(21)19(20)10-18(11-22-12-18)16(19)15-8-7-13-5-3-4-6-14(13)9-15/h3-9,16H,2,10-12H2,1H3. The first kappa shape index (κ1) is 14.6. The predicted octanol–water partition coefficient (Wildman–Crippen LogP) is 3.62. The summed E-state index contributed by atoms with van der Waals surface area (Å²) in [7, 11) is 0. The van der Waals surface area contributed by atoms with Crippen molar-refractivity contribution in [1.29, 1.82) is 0 Å². The summed E-state index contributed by atoms with van der Waals surface area (Å²) >= 11 is 0. The molecule has 1 aliphatic carbocycles. The Balaban J connectivity index is 1.76. The second kappa shape index (κ2) is 5.03. The van der Waals surface area contributed by atoms with E-state index in [0.29, 0.717) is 13.2 Å². The maximum atomic E-state index is 15.4. The van der Waals surface area contributed by atoms with Gasteiger partial charge in [0.1, 0.15) is 0 Å². The second-order valence-electron chi connectivity index (χ2n) is 6.65. The molecule has 2 aromatic carbocycles. The average molecular weight is 314 g/mol. The molecular weight excluding hydrogens is 295 g/mol. The zero-order chi connectivity index (χ0) is 16.1. The minimum absolute atomic E-state index is 0.191. The van der Waals surface area contributed by atoms with Crippen LogP contribution in [-0.2, 0) is 14.3 Å². The summed E-state index contributed by atoms with van der Waals surface area (Å²) in [4.78, 5) is 12.2. The van der Waals surface area contributed by atoms with Gasteiger partial charge >= 0.3 is 5.97 Å². The van der Waals surface area contributed by atoms with Crippen LogP contribution >= 0.6 is 0 Å². The first-order chi connectivity index (χ1) is 11.1. The number of esters is 1. The highest BCUT2D eigenvalue weighted by molar-refractivity contribution is 5.86. The van der Waals surface area contributed by atoms with Gasteiger partial charge in [-0.05, 0) is 23.3 Å². The molecule has 0 amide bonds. The molecule has 0 N–H and O–H groups in total. The molecule has 23 heavy (non-hydrogen) atoms. The summed E-state index contributed by atoms with van der Waals surface area (Å²) in [5, 5.41) is 2.16. The number of carbonyl (C=O) groups excluding carboxylic acids is 1. The zero-order valence-electron chi connectivity index (χ0n) is 13.0. The summed E-state index contributed by atoms with van der Waals surface area (Å²) < 4.78 is 25.8. The van der Waals surface area contributed by atoms with Crippen LogP contribution in [0, 0.1) is 5.41 Å². The normalized spacial score (nSPS) is 28.2. The van der Waals surface area contributed by atoms with Gasteiger partial charge in [0, 0.05) is 17.8 Å². The van der Waals surface area contributed by atoms with Gasteiger partial charge in [-0.15, -0.1) is 0 Å². The van der Waals surface area contributed by atoms with E-state index in [-0.39, 0.29) is 18.4 Å². The van der Waals surface area contributed by atoms with Crippen molar-refractivity contribution in [2.45, 2.75) is 24.9 Å². The molecule has 1 saturated heterocycles. The number of fused-ring (bicyclic) bond motifs is 1. The van der Waals surface area contributed by atoms with Gasteiger partial charge in [0.05, 0.1) is 19.8 Å². The molecule has 2 atom stereocenters. The van der Waals surface area contributed by atoms with Crippen LogP contribution in [0.5, 0.6) is 0 Å². The lowest BCUT2D eigenvalue weighted by Crippen LogP contribution is -2.68. The molecule has 0 bridgehead atoms. The molecule has 4 heteroatoms. The molecular formula is C19H19FO3. The van der Waals surface area contributed by atoms with Gasteiger partial charge < -0.3 is 9.47 Å². The first-order valence-corrected chi connectivity index (χ1v) is 8.02. The van der Waals surface area contributed by atoms with Gasteiger partial charge in [-0.3, -0.25) is 0 Å². The number of hydrogen-bond donors (Lipinski definition) is 0. The summed E-state index contributed by atoms with van der Waals surface area (Å²) in [6.45, 7) is 2.91. The van der Waals surface area contributed by atoms with Crippen LogP contribution in [0.4, 0.5) is 4.39 Å². The van der Waals surface area contributed by atoms with E-state index < -0.39 is 17.6 Å². The Morgan fingerprint density at radius 3 is 2.65 bits per heavy atom. The van der Waals surface area contributed by atoms with E-state index in [2.05, 4.69) is 0 Å². The van der Waals surface area contributed by atoms with Crippen LogP contribution in [0.1, 0.15) is 24.8 Å². The third-order valence-electron chi connectivity index (χ3n) is 5.18. The van der Waals surface area contributed by atoms with Crippen LogP contribution in [0.2, 0.25) is 0 Å². The monoisotopic (exact) mass is 314 g/mol. The second-order valence-corrected chi connectivity index (χ2v) is 6.65. The van der Waals surface area contributed by atoms with Crippen molar-refractivity contribution < 1.29 is 18.7 Å². The number of halogens is 1. The Hall–Kier alpha value is -1.94. The van der Waals surface area contributed by atoms with Crippen molar-refractivity contribution >= 4 is 16.7 Å². The van der Waals surface area contributed by atoms with Crippen LogP contribution in [0.25, 0.3) is 10.8 Å². The van der Waals surface area contributed by atoms with Crippen molar-refractivity contribution in [3.05, 3.63) is 48.0 Å². The van der Waals surface area contributed by atoms with Gasteiger partial charge in [-0.1, -0.05) is 42.5 Å². The smallest absolute Gasteiger partial charge is 0.344 e. The van der Waals surface area contributed by atoms with Crippen molar-refractivity contribution in [2.24, 2.45) is 5.41 Å². The molecule has 0 radical (unpaired) electrons. The molecule has 1 aliphatic heterocycles. The predicted molar refractivity (Wildman–Crippen MR) is 85.0 cm³/mol. The minimum Gasteiger partial charge on any atom is -0.464 e. The Bertz CT molecular complexity index is 768. The zero-order valence-corrected chi connectivity index (χ0v) is 13.0. The van der Waals surface area contributed by atoms with E-state index in [1.807, 2.05) is 42.5 Å². The Labute approximate surface area is 134 Å². The van der Waals surface area contributed by atoms with Gasteiger partial charge in [0.25, 0.3) is 0 Å². The highest BCUT2D eigenvalue weighted by Gasteiger charge is 2.72. The van der Waals surface area contributed by atoms with Gasteiger partial charge in [0.15, 0.2) is 0 Å². The third-order valence-corrected chi connectivity index (χ3v) is 5.18. The number of rotatable bonds is 3. The largest absolute Gasteiger partial charge is 0.464 e. The number of hydrogen-bond acceptors (Lipinski definition) is 3. The van der Waals surface area contributed by atoms with Crippen LogP contribution in [0.15, 0.2) is 42.5 Å². The van der Waals surface area contributed by atoms with Crippen LogP contribution in [0.3, 0.4) is 0 Å². The van der Waals surface area contributed by atoms with Crippen molar-refractivity contribution in [1.82, 2.24) is 0 Å². The minimum atomic E-state index is -1.94.